The van der Waals surface area contributed by atoms with Gasteiger partial charge in [0.2, 0.25) is 5.89 Å². The molecule has 0 radical (unpaired) electrons. The average molecular weight is 391 g/mol. The monoisotopic (exact) mass is 390 g/mol. The summed E-state index contributed by atoms with van der Waals surface area (Å²) in [6.07, 6.45) is 0.957. The van der Waals surface area contributed by atoms with E-state index in [4.69, 9.17) is 16.0 Å². The minimum Gasteiger partial charge on any atom is -0.436 e. The van der Waals surface area contributed by atoms with Crippen LogP contribution in [0.25, 0.3) is 22.6 Å². The number of oxazole rings is 1. The minimum atomic E-state index is -0.205. The number of amides is 1. The molecular weight excluding hydrogens is 372 g/mol. The van der Waals surface area contributed by atoms with Crippen molar-refractivity contribution >= 4 is 34.3 Å². The SMILES string of the molecule is CCc1ccc2oc(-c3ccc(NC(=O)c4ccc(C)c(Cl)c4)cc3)nc2c1. The molecule has 5 heteroatoms. The van der Waals surface area contributed by atoms with Crippen LogP contribution in [0.15, 0.2) is 65.1 Å². The molecule has 0 fully saturated rings. The van der Waals surface area contributed by atoms with Crippen molar-refractivity contribution in [2.24, 2.45) is 0 Å². The van der Waals surface area contributed by atoms with Crippen LogP contribution in [-0.4, -0.2) is 10.9 Å². The molecule has 4 rings (SSSR count). The number of hydrogen-bond donors (Lipinski definition) is 1. The van der Waals surface area contributed by atoms with Gasteiger partial charge in [0.05, 0.1) is 0 Å². The number of nitrogens with zero attached hydrogens (tertiary/aromatic N) is 1. The molecule has 4 aromatic rings. The maximum Gasteiger partial charge on any atom is 0.255 e. The van der Waals surface area contributed by atoms with Gasteiger partial charge >= 0.3 is 0 Å². The molecular formula is C23H19ClN2O2. The fourth-order valence-electron chi connectivity index (χ4n) is 2.95. The maximum atomic E-state index is 12.4. The first-order valence-corrected chi connectivity index (χ1v) is 9.48. The van der Waals surface area contributed by atoms with E-state index < -0.39 is 0 Å². The van der Waals surface area contributed by atoms with Gasteiger partial charge in [-0.2, -0.15) is 0 Å². The van der Waals surface area contributed by atoms with Crippen LogP contribution in [0, 0.1) is 6.92 Å². The molecule has 140 valence electrons. The zero-order valence-corrected chi connectivity index (χ0v) is 16.4. The van der Waals surface area contributed by atoms with Gasteiger partial charge in [0, 0.05) is 21.8 Å². The molecule has 1 aromatic heterocycles. The average Bonchev–Trinajstić information content (AvgIpc) is 3.13. The molecule has 0 spiro atoms. The maximum absolute atomic E-state index is 12.4. The number of hydrogen-bond acceptors (Lipinski definition) is 3. The molecule has 0 aliphatic carbocycles. The van der Waals surface area contributed by atoms with Crippen molar-refractivity contribution in [3.05, 3.63) is 82.4 Å². The van der Waals surface area contributed by atoms with Crippen molar-refractivity contribution in [1.82, 2.24) is 4.98 Å². The molecule has 0 unspecified atom stereocenters. The van der Waals surface area contributed by atoms with Gasteiger partial charge in [-0.25, -0.2) is 4.98 Å². The van der Waals surface area contributed by atoms with Crippen LogP contribution in [0.1, 0.15) is 28.4 Å². The van der Waals surface area contributed by atoms with Gasteiger partial charge in [0.15, 0.2) is 5.58 Å². The third-order valence-electron chi connectivity index (χ3n) is 4.68. The molecule has 0 saturated carbocycles. The van der Waals surface area contributed by atoms with E-state index in [-0.39, 0.29) is 5.91 Å². The summed E-state index contributed by atoms with van der Waals surface area (Å²) in [5.41, 5.74) is 5.84. The second-order valence-electron chi connectivity index (χ2n) is 6.67. The predicted molar refractivity (Wildman–Crippen MR) is 113 cm³/mol. The highest BCUT2D eigenvalue weighted by atomic mass is 35.5. The van der Waals surface area contributed by atoms with Crippen molar-refractivity contribution < 1.29 is 9.21 Å². The topological polar surface area (TPSA) is 55.1 Å². The molecule has 1 amide bonds. The number of nitrogens with one attached hydrogen (secondary N) is 1. The highest BCUT2D eigenvalue weighted by Crippen LogP contribution is 2.26. The summed E-state index contributed by atoms with van der Waals surface area (Å²) in [5.74, 6) is 0.357. The number of carbonyl (C=O) groups is 1. The Kier molecular flexibility index (Phi) is 4.88. The summed E-state index contributed by atoms with van der Waals surface area (Å²) in [6, 6.07) is 18.7. The van der Waals surface area contributed by atoms with Crippen molar-refractivity contribution in [3.8, 4) is 11.5 Å². The Hall–Kier alpha value is -3.11. The first-order chi connectivity index (χ1) is 13.5. The molecule has 1 N–H and O–H groups in total. The molecule has 4 nitrogen and oxygen atoms in total. The van der Waals surface area contributed by atoms with Crippen molar-refractivity contribution in [2.45, 2.75) is 20.3 Å². The standard InChI is InChI=1S/C23H19ClN2O2/c1-3-15-5-11-21-20(12-15)26-23(28-21)16-7-9-18(10-8-16)25-22(27)17-6-4-14(2)19(24)13-17/h4-13H,3H2,1-2H3,(H,25,27). The van der Waals surface area contributed by atoms with Crippen molar-refractivity contribution in [1.29, 1.82) is 0 Å². The molecule has 1 heterocycles. The molecule has 0 atom stereocenters. The molecule has 28 heavy (non-hydrogen) atoms. The van der Waals surface area contributed by atoms with E-state index in [1.54, 1.807) is 12.1 Å². The Morgan fingerprint density at radius 3 is 2.57 bits per heavy atom. The Labute approximate surface area is 168 Å². The highest BCUT2D eigenvalue weighted by molar-refractivity contribution is 6.31. The molecule has 0 aliphatic heterocycles. The lowest BCUT2D eigenvalue weighted by Gasteiger charge is -2.07. The van der Waals surface area contributed by atoms with E-state index in [1.807, 2.05) is 55.5 Å². The largest absolute Gasteiger partial charge is 0.436 e. The zero-order chi connectivity index (χ0) is 19.7. The van der Waals surface area contributed by atoms with Crippen LogP contribution >= 0.6 is 11.6 Å². The van der Waals surface area contributed by atoms with Gasteiger partial charge < -0.3 is 9.73 Å². The van der Waals surface area contributed by atoms with Crippen LogP contribution in [0.2, 0.25) is 5.02 Å². The van der Waals surface area contributed by atoms with Crippen LogP contribution in [-0.2, 0) is 6.42 Å². The predicted octanol–water partition coefficient (Wildman–Crippen LogP) is 6.27. The lowest BCUT2D eigenvalue weighted by atomic mass is 10.1. The summed E-state index contributed by atoms with van der Waals surface area (Å²) in [7, 11) is 0. The Morgan fingerprint density at radius 2 is 1.86 bits per heavy atom. The van der Waals surface area contributed by atoms with E-state index >= 15 is 0 Å². The number of rotatable bonds is 4. The summed E-state index contributed by atoms with van der Waals surface area (Å²) in [6.45, 7) is 4.01. The van der Waals surface area contributed by atoms with E-state index in [1.165, 1.54) is 5.56 Å². The number of aromatic nitrogens is 1. The number of benzene rings is 3. The minimum absolute atomic E-state index is 0.205. The smallest absolute Gasteiger partial charge is 0.255 e. The van der Waals surface area contributed by atoms with Crippen LogP contribution < -0.4 is 5.32 Å². The van der Waals surface area contributed by atoms with Gasteiger partial charge in [-0.3, -0.25) is 4.79 Å². The molecule has 3 aromatic carbocycles. The first kappa shape index (κ1) is 18.3. The van der Waals surface area contributed by atoms with E-state index in [9.17, 15) is 4.79 Å². The quantitative estimate of drug-likeness (QED) is 0.446. The van der Waals surface area contributed by atoms with Crippen molar-refractivity contribution in [2.75, 3.05) is 5.32 Å². The zero-order valence-electron chi connectivity index (χ0n) is 15.6. The summed E-state index contributed by atoms with van der Waals surface area (Å²) in [5, 5.41) is 3.45. The van der Waals surface area contributed by atoms with Gasteiger partial charge in [-0.15, -0.1) is 0 Å². The second-order valence-corrected chi connectivity index (χ2v) is 7.08. The summed E-state index contributed by atoms with van der Waals surface area (Å²) in [4.78, 5) is 17.0. The van der Waals surface area contributed by atoms with Gasteiger partial charge in [0.1, 0.15) is 5.52 Å². The number of aryl methyl sites for hydroxylation is 2. The normalized spacial score (nSPS) is 11.0. The lowest BCUT2D eigenvalue weighted by molar-refractivity contribution is 0.102. The van der Waals surface area contributed by atoms with Gasteiger partial charge in [-0.05, 0) is 73.0 Å². The third-order valence-corrected chi connectivity index (χ3v) is 5.09. The van der Waals surface area contributed by atoms with Gasteiger partial charge in [0.25, 0.3) is 5.91 Å². The van der Waals surface area contributed by atoms with Crippen LogP contribution in [0.5, 0.6) is 0 Å². The summed E-state index contributed by atoms with van der Waals surface area (Å²) < 4.78 is 5.86. The first-order valence-electron chi connectivity index (χ1n) is 9.11. The number of carbonyl (C=O) groups excluding carboxylic acids is 1. The fourth-order valence-corrected chi connectivity index (χ4v) is 3.13. The van der Waals surface area contributed by atoms with E-state index in [2.05, 4.69) is 17.2 Å². The molecule has 0 saturated heterocycles. The van der Waals surface area contributed by atoms with Crippen LogP contribution in [0.4, 0.5) is 5.69 Å². The van der Waals surface area contributed by atoms with E-state index in [0.29, 0.717) is 22.2 Å². The van der Waals surface area contributed by atoms with E-state index in [0.717, 1.165) is 28.6 Å². The Morgan fingerprint density at radius 1 is 1.07 bits per heavy atom. The Bertz CT molecular complexity index is 1160. The molecule has 0 bridgehead atoms. The molecule has 0 aliphatic rings. The summed E-state index contributed by atoms with van der Waals surface area (Å²) >= 11 is 6.10. The number of halogens is 1. The van der Waals surface area contributed by atoms with Crippen molar-refractivity contribution in [3.63, 3.8) is 0 Å². The fraction of sp³-hybridized carbons (Fsp3) is 0.130. The second kappa shape index (κ2) is 7.49. The van der Waals surface area contributed by atoms with Gasteiger partial charge in [-0.1, -0.05) is 30.7 Å². The third kappa shape index (κ3) is 3.64. The number of anilines is 1. The Balaban J connectivity index is 1.53. The highest BCUT2D eigenvalue weighted by Gasteiger charge is 2.11. The number of fused-ring (bicyclic) bond motifs is 1. The lowest BCUT2D eigenvalue weighted by Crippen LogP contribution is -2.11. The van der Waals surface area contributed by atoms with Crippen LogP contribution in [0.3, 0.4) is 0 Å².